The number of benzene rings is 2. The van der Waals surface area contributed by atoms with E-state index in [4.69, 9.17) is 21.3 Å². The van der Waals surface area contributed by atoms with Gasteiger partial charge in [-0.1, -0.05) is 41.9 Å². The number of nitriles is 1. The number of fused-ring (bicyclic) bond motifs is 3. The summed E-state index contributed by atoms with van der Waals surface area (Å²) in [6, 6.07) is 9.85. The Hall–Kier alpha value is -4.51. The maximum absolute atomic E-state index is 16.9. The molecule has 8 rings (SSSR count). The van der Waals surface area contributed by atoms with Crippen molar-refractivity contribution >= 4 is 45.0 Å². The number of carbonyl (C=O) groups is 1. The van der Waals surface area contributed by atoms with Gasteiger partial charge in [0.1, 0.15) is 35.6 Å². The number of carbonyl (C=O) groups excluding carboxylic acids is 1. The van der Waals surface area contributed by atoms with Crippen LogP contribution in [0.25, 0.3) is 32.9 Å². The number of piperazine rings is 1. The topological polar surface area (TPSA) is 102 Å². The van der Waals surface area contributed by atoms with E-state index in [9.17, 15) is 18.8 Å². The molecular formula is C38H38ClF3N8O2. The van der Waals surface area contributed by atoms with Crippen LogP contribution in [0.4, 0.5) is 19.0 Å². The van der Waals surface area contributed by atoms with Crippen LogP contribution in [-0.4, -0.2) is 112 Å². The van der Waals surface area contributed by atoms with Crippen LogP contribution in [0, 0.1) is 23.0 Å². The number of aromatic nitrogens is 3. The predicted octanol–water partition coefficient (Wildman–Crippen LogP) is 5.92. The van der Waals surface area contributed by atoms with Crippen molar-refractivity contribution in [1.82, 2.24) is 29.7 Å². The monoisotopic (exact) mass is 730 g/mol. The Kier molecular flexibility index (Phi) is 9.18. The smallest absolute Gasteiger partial charge is 0.319 e. The molecule has 10 nitrogen and oxygen atoms in total. The van der Waals surface area contributed by atoms with E-state index in [0.717, 1.165) is 32.4 Å². The summed E-state index contributed by atoms with van der Waals surface area (Å²) in [7, 11) is 2.01. The summed E-state index contributed by atoms with van der Waals surface area (Å²) in [5.74, 6) is -1.22. The Morgan fingerprint density at radius 1 is 1.15 bits per heavy atom. The van der Waals surface area contributed by atoms with Crippen molar-refractivity contribution in [3.05, 3.63) is 65.3 Å². The van der Waals surface area contributed by atoms with Crippen LogP contribution in [-0.2, 0) is 4.79 Å². The quantitative estimate of drug-likeness (QED) is 0.205. The molecule has 52 heavy (non-hydrogen) atoms. The van der Waals surface area contributed by atoms with Crippen molar-refractivity contribution in [3.63, 3.8) is 0 Å². The summed E-state index contributed by atoms with van der Waals surface area (Å²) in [6.45, 7) is 3.16. The van der Waals surface area contributed by atoms with Gasteiger partial charge in [-0.15, -0.1) is 0 Å². The number of alkyl halides is 1. The van der Waals surface area contributed by atoms with Gasteiger partial charge in [-0.25, -0.2) is 13.2 Å². The number of hydrogen-bond acceptors (Lipinski definition) is 9. The SMILES string of the molecule is CN1CCC1/C=C/C(=O)N1CCN(c2nc(OC[C@@]34CCCN3C[C@H](F)C4)nc3c(F)c(-c4cccc5ccc(F)c(Cl)c45)ncc23)C[C@@H]1CC#N. The normalized spacial score (nSPS) is 25.2. The molecule has 0 N–H and O–H groups in total. The van der Waals surface area contributed by atoms with E-state index >= 15 is 4.39 Å². The second kappa shape index (κ2) is 13.8. The second-order valence-electron chi connectivity index (χ2n) is 14.3. The van der Waals surface area contributed by atoms with Crippen molar-refractivity contribution in [3.8, 4) is 23.3 Å². The van der Waals surface area contributed by atoms with Crippen molar-refractivity contribution in [1.29, 1.82) is 5.26 Å². The number of halogens is 4. The van der Waals surface area contributed by atoms with Crippen molar-refractivity contribution in [2.24, 2.45) is 0 Å². The van der Waals surface area contributed by atoms with E-state index in [1.165, 1.54) is 12.3 Å². The average Bonchev–Trinajstić information content (AvgIpc) is 3.67. The highest BCUT2D eigenvalue weighted by Gasteiger charge is 2.49. The molecule has 4 saturated heterocycles. The Labute approximate surface area is 304 Å². The number of rotatable bonds is 8. The fourth-order valence-electron chi connectivity index (χ4n) is 8.36. The van der Waals surface area contributed by atoms with Crippen LogP contribution < -0.4 is 9.64 Å². The molecule has 0 radical (unpaired) electrons. The number of anilines is 1. The lowest BCUT2D eigenvalue weighted by molar-refractivity contribution is -0.128. The van der Waals surface area contributed by atoms with Gasteiger partial charge >= 0.3 is 6.01 Å². The van der Waals surface area contributed by atoms with Gasteiger partial charge in [0.2, 0.25) is 5.91 Å². The lowest BCUT2D eigenvalue weighted by Gasteiger charge is -2.41. The molecule has 2 aromatic heterocycles. The Bertz CT molecular complexity index is 2130. The average molecular weight is 731 g/mol. The second-order valence-corrected chi connectivity index (χ2v) is 14.7. The van der Waals surface area contributed by atoms with E-state index in [2.05, 4.69) is 25.8 Å². The Morgan fingerprint density at radius 3 is 2.81 bits per heavy atom. The number of ether oxygens (including phenoxy) is 1. The van der Waals surface area contributed by atoms with Crippen LogP contribution >= 0.6 is 11.6 Å². The minimum Gasteiger partial charge on any atom is -0.461 e. The molecular weight excluding hydrogens is 693 g/mol. The number of likely N-dealkylation sites (N-methyl/N-ethyl adjacent to an activating group) is 1. The lowest BCUT2D eigenvalue weighted by Crippen LogP contribution is -2.55. The largest absolute Gasteiger partial charge is 0.461 e. The van der Waals surface area contributed by atoms with Gasteiger partial charge in [-0.05, 0) is 44.3 Å². The van der Waals surface area contributed by atoms with Crippen molar-refractivity contribution < 1.29 is 22.7 Å². The number of likely N-dealkylation sites (tertiary alicyclic amines) is 1. The number of nitrogens with zero attached hydrogens (tertiary/aromatic N) is 8. The summed E-state index contributed by atoms with van der Waals surface area (Å²) in [4.78, 5) is 35.1. The van der Waals surface area contributed by atoms with Gasteiger partial charge in [0.05, 0.1) is 34.5 Å². The zero-order valence-electron chi connectivity index (χ0n) is 28.7. The molecule has 270 valence electrons. The summed E-state index contributed by atoms with van der Waals surface area (Å²) in [5.41, 5.74) is -0.325. The van der Waals surface area contributed by atoms with Crippen molar-refractivity contribution in [2.45, 2.75) is 55.9 Å². The summed E-state index contributed by atoms with van der Waals surface area (Å²) in [5, 5.41) is 10.8. The van der Waals surface area contributed by atoms with Gasteiger partial charge in [-0.3, -0.25) is 19.6 Å². The summed E-state index contributed by atoms with van der Waals surface area (Å²) >= 11 is 6.42. The van der Waals surface area contributed by atoms with E-state index in [-0.39, 0.29) is 53.8 Å². The minimum absolute atomic E-state index is 0.0620. The predicted molar refractivity (Wildman–Crippen MR) is 192 cm³/mol. The van der Waals surface area contributed by atoms with Crippen LogP contribution in [0.2, 0.25) is 5.02 Å². The third-order valence-corrected chi connectivity index (χ3v) is 11.6. The third-order valence-electron chi connectivity index (χ3n) is 11.3. The summed E-state index contributed by atoms with van der Waals surface area (Å²) in [6.07, 6.45) is 7.14. The molecule has 4 fully saturated rings. The molecule has 2 aromatic carbocycles. The molecule has 4 aromatic rings. The Morgan fingerprint density at radius 2 is 2.02 bits per heavy atom. The van der Waals surface area contributed by atoms with Crippen LogP contribution in [0.1, 0.15) is 32.1 Å². The van der Waals surface area contributed by atoms with Gasteiger partial charge in [-0.2, -0.15) is 15.2 Å². The van der Waals surface area contributed by atoms with Crippen LogP contribution in [0.5, 0.6) is 6.01 Å². The highest BCUT2D eigenvalue weighted by molar-refractivity contribution is 6.36. The first-order chi connectivity index (χ1) is 25.2. The highest BCUT2D eigenvalue weighted by Crippen LogP contribution is 2.42. The van der Waals surface area contributed by atoms with Crippen LogP contribution in [0.15, 0.2) is 48.7 Å². The third kappa shape index (κ3) is 6.10. The first kappa shape index (κ1) is 34.6. The maximum atomic E-state index is 16.9. The first-order valence-electron chi connectivity index (χ1n) is 17.7. The molecule has 0 aliphatic carbocycles. The summed E-state index contributed by atoms with van der Waals surface area (Å²) < 4.78 is 52.4. The van der Waals surface area contributed by atoms with Gasteiger partial charge in [0, 0.05) is 68.4 Å². The van der Waals surface area contributed by atoms with Gasteiger partial charge in [0.15, 0.2) is 5.82 Å². The molecule has 1 amide bonds. The molecule has 4 aliphatic rings. The zero-order chi connectivity index (χ0) is 36.1. The molecule has 1 unspecified atom stereocenters. The first-order valence-corrected chi connectivity index (χ1v) is 18.1. The number of amides is 1. The number of hydrogen-bond donors (Lipinski definition) is 0. The molecule has 14 heteroatoms. The van der Waals surface area contributed by atoms with E-state index in [1.807, 2.05) is 18.0 Å². The maximum Gasteiger partial charge on any atom is 0.319 e. The molecule has 4 aliphatic heterocycles. The fourth-order valence-corrected chi connectivity index (χ4v) is 8.63. The lowest BCUT2D eigenvalue weighted by atomic mass is 9.95. The molecule has 6 heterocycles. The van der Waals surface area contributed by atoms with E-state index in [0.29, 0.717) is 53.6 Å². The highest BCUT2D eigenvalue weighted by atomic mass is 35.5. The molecule has 0 bridgehead atoms. The van der Waals surface area contributed by atoms with Crippen molar-refractivity contribution in [2.75, 3.05) is 57.8 Å². The molecule has 0 spiro atoms. The standard InChI is InChI=1S/C38H38ClF3N8O2/c1-47-15-11-25(47)7-9-30(51)50-17-16-48(21-26(50)10-13-43)36-28-19-44-34(27-5-2-4-23-6-8-29(41)32(39)31(23)27)33(42)35(28)45-37(46-36)52-22-38-12-3-14-49(38)20-24(40)18-38/h2,4-9,19,24-26H,3,10-12,14-18,20-22H2,1H3/b9-7+/t24-,25?,26+,38+/m1/s1. The van der Waals surface area contributed by atoms with Gasteiger partial charge < -0.3 is 14.5 Å². The van der Waals surface area contributed by atoms with Crippen LogP contribution in [0.3, 0.4) is 0 Å². The van der Waals surface area contributed by atoms with Gasteiger partial charge in [0.25, 0.3) is 0 Å². The van der Waals surface area contributed by atoms with E-state index in [1.54, 1.807) is 35.2 Å². The Balaban J connectivity index is 1.18. The molecule has 4 atom stereocenters. The molecule has 0 saturated carbocycles. The zero-order valence-corrected chi connectivity index (χ0v) is 29.5. The van der Waals surface area contributed by atoms with E-state index < -0.39 is 29.4 Å². The number of pyridine rings is 1. The fraction of sp³-hybridized carbons (Fsp3) is 0.447. The minimum atomic E-state index is -0.957.